The predicted molar refractivity (Wildman–Crippen MR) is 186 cm³/mol. The Hall–Kier alpha value is -4.60. The van der Waals surface area contributed by atoms with Gasteiger partial charge in [0.15, 0.2) is 12.4 Å². The maximum absolute atomic E-state index is 12.3. The second-order valence-electron chi connectivity index (χ2n) is 12.6. The van der Waals surface area contributed by atoms with Gasteiger partial charge in [-0.2, -0.15) is 0 Å². The topological polar surface area (TPSA) is 97.3 Å². The summed E-state index contributed by atoms with van der Waals surface area (Å²) in [5.41, 5.74) is 4.96. The molecule has 48 heavy (non-hydrogen) atoms. The quantitative estimate of drug-likeness (QED) is 0.121. The lowest BCUT2D eigenvalue weighted by molar-refractivity contribution is -0.252. The van der Waals surface area contributed by atoms with E-state index in [1.165, 1.54) is 34.0 Å². The highest BCUT2D eigenvalue weighted by atomic mass is 16.7. The fourth-order valence-electron chi connectivity index (χ4n) is 6.42. The number of carbonyl (C=O) groups is 2. The Morgan fingerprint density at radius 1 is 0.875 bits per heavy atom. The van der Waals surface area contributed by atoms with Gasteiger partial charge in [-0.25, -0.2) is 0 Å². The maximum atomic E-state index is 12.3. The van der Waals surface area contributed by atoms with Crippen molar-refractivity contribution in [2.75, 3.05) is 13.6 Å². The van der Waals surface area contributed by atoms with Gasteiger partial charge in [-0.1, -0.05) is 97.1 Å². The molecule has 1 heterocycles. The largest absolute Gasteiger partial charge is 0.453 e. The molecule has 0 radical (unpaired) electrons. The van der Waals surface area contributed by atoms with Gasteiger partial charge >= 0.3 is 5.97 Å². The molecule has 1 saturated heterocycles. The molecule has 1 aliphatic rings. The number of carbonyl (C=O) groups excluding carboxylic acids is 2. The highest BCUT2D eigenvalue weighted by Gasteiger charge is 2.33. The van der Waals surface area contributed by atoms with Crippen molar-refractivity contribution in [1.82, 2.24) is 10.2 Å². The standard InChI is InChI=1S/C40H42N2O6/c1-26(46-27(2)44)39(45)41-22-28-12-18-31(19-13-28)40-47-34(21-38(48-40)30-16-14-29(25-43)15-17-30)23-42(3)24-37-35-10-6-4-8-32(35)20-33-9-5-7-11-36(33)37/h4-20,26,34,38,40,43H,21-25H2,1-3H3,(H,41,45)/t26-,34-,38+,40?/m0/s1. The van der Waals surface area contributed by atoms with Crippen LogP contribution in [0.5, 0.6) is 0 Å². The van der Waals surface area contributed by atoms with E-state index in [2.05, 4.69) is 71.9 Å². The summed E-state index contributed by atoms with van der Waals surface area (Å²) >= 11 is 0. The van der Waals surface area contributed by atoms with Crippen LogP contribution < -0.4 is 5.32 Å². The van der Waals surface area contributed by atoms with E-state index in [0.29, 0.717) is 19.5 Å². The Labute approximate surface area is 281 Å². The van der Waals surface area contributed by atoms with Gasteiger partial charge in [0.1, 0.15) is 0 Å². The van der Waals surface area contributed by atoms with Gasteiger partial charge in [0, 0.05) is 38.5 Å². The first-order chi connectivity index (χ1) is 23.3. The van der Waals surface area contributed by atoms with Crippen molar-refractivity contribution in [1.29, 1.82) is 0 Å². The minimum absolute atomic E-state index is 0.0106. The molecule has 1 unspecified atom stereocenters. The zero-order valence-corrected chi connectivity index (χ0v) is 27.6. The predicted octanol–water partition coefficient (Wildman–Crippen LogP) is 6.73. The van der Waals surface area contributed by atoms with Crippen molar-refractivity contribution in [3.63, 3.8) is 0 Å². The molecular weight excluding hydrogens is 604 g/mol. The number of amides is 1. The monoisotopic (exact) mass is 646 g/mol. The lowest BCUT2D eigenvalue weighted by Crippen LogP contribution is -2.37. The number of likely N-dealkylation sites (N-methyl/N-ethyl adjacent to an activating group) is 1. The third-order valence-electron chi connectivity index (χ3n) is 8.87. The van der Waals surface area contributed by atoms with Crippen LogP contribution in [-0.4, -0.2) is 47.7 Å². The summed E-state index contributed by atoms with van der Waals surface area (Å²) in [4.78, 5) is 25.8. The first kappa shape index (κ1) is 33.3. The van der Waals surface area contributed by atoms with E-state index in [0.717, 1.165) is 28.8 Å². The van der Waals surface area contributed by atoms with Gasteiger partial charge in [0.05, 0.1) is 18.8 Å². The van der Waals surface area contributed by atoms with Gasteiger partial charge in [-0.3, -0.25) is 14.5 Å². The molecule has 248 valence electrons. The molecule has 0 spiro atoms. The van der Waals surface area contributed by atoms with Gasteiger partial charge in [0.2, 0.25) is 0 Å². The minimum Gasteiger partial charge on any atom is -0.453 e. The average Bonchev–Trinajstić information content (AvgIpc) is 3.10. The van der Waals surface area contributed by atoms with E-state index >= 15 is 0 Å². The van der Waals surface area contributed by atoms with Crippen LogP contribution in [0.15, 0.2) is 103 Å². The summed E-state index contributed by atoms with van der Waals surface area (Å²) in [6.07, 6.45) is -1.08. The number of benzene rings is 5. The minimum atomic E-state index is -0.858. The number of aliphatic hydroxyl groups is 1. The van der Waals surface area contributed by atoms with Crippen molar-refractivity contribution in [3.05, 3.63) is 131 Å². The van der Waals surface area contributed by atoms with Crippen molar-refractivity contribution < 1.29 is 28.9 Å². The Morgan fingerprint density at radius 2 is 1.48 bits per heavy atom. The summed E-state index contributed by atoms with van der Waals surface area (Å²) in [7, 11) is 2.14. The van der Waals surface area contributed by atoms with E-state index in [9.17, 15) is 14.7 Å². The molecule has 1 fully saturated rings. The van der Waals surface area contributed by atoms with Crippen LogP contribution in [0.3, 0.4) is 0 Å². The van der Waals surface area contributed by atoms with Gasteiger partial charge in [-0.15, -0.1) is 0 Å². The van der Waals surface area contributed by atoms with Crippen molar-refractivity contribution >= 4 is 33.4 Å². The number of esters is 1. The molecule has 8 nitrogen and oxygen atoms in total. The first-order valence-corrected chi connectivity index (χ1v) is 16.4. The normalized spacial score (nSPS) is 18.6. The van der Waals surface area contributed by atoms with E-state index in [-0.39, 0.29) is 24.7 Å². The average molecular weight is 647 g/mol. The highest BCUT2D eigenvalue weighted by molar-refractivity contribution is 6.02. The lowest BCUT2D eigenvalue weighted by Gasteiger charge is -2.38. The van der Waals surface area contributed by atoms with Gasteiger partial charge < -0.3 is 24.6 Å². The van der Waals surface area contributed by atoms with Crippen molar-refractivity contribution in [2.45, 2.75) is 64.6 Å². The van der Waals surface area contributed by atoms with E-state index in [1.54, 1.807) is 6.92 Å². The van der Waals surface area contributed by atoms with Crippen molar-refractivity contribution in [3.8, 4) is 0 Å². The second kappa shape index (κ2) is 15.1. The number of hydrogen-bond donors (Lipinski definition) is 2. The molecule has 1 aliphatic heterocycles. The Balaban J connectivity index is 1.19. The van der Waals surface area contributed by atoms with Crippen LogP contribution in [0, 0.1) is 0 Å². The Bertz CT molecular complexity index is 1820. The number of nitrogens with zero attached hydrogens (tertiary/aromatic N) is 1. The van der Waals surface area contributed by atoms with Gasteiger partial charge in [-0.05, 0) is 63.8 Å². The number of fused-ring (bicyclic) bond motifs is 2. The van der Waals surface area contributed by atoms with E-state index in [4.69, 9.17) is 14.2 Å². The fourth-order valence-corrected chi connectivity index (χ4v) is 6.42. The Morgan fingerprint density at radius 3 is 2.10 bits per heavy atom. The third-order valence-corrected chi connectivity index (χ3v) is 8.87. The maximum Gasteiger partial charge on any atom is 0.303 e. The molecular formula is C40H42N2O6. The molecule has 0 bridgehead atoms. The molecule has 0 saturated carbocycles. The zero-order chi connectivity index (χ0) is 33.6. The van der Waals surface area contributed by atoms with Crippen LogP contribution in [0.25, 0.3) is 21.5 Å². The summed E-state index contributed by atoms with van der Waals surface area (Å²) in [5, 5.41) is 17.4. The summed E-state index contributed by atoms with van der Waals surface area (Å²) in [6, 6.07) is 35.1. The molecule has 5 aromatic carbocycles. The molecule has 1 amide bonds. The number of aliphatic hydroxyl groups excluding tert-OH is 1. The first-order valence-electron chi connectivity index (χ1n) is 16.4. The molecule has 0 aromatic heterocycles. The Kier molecular flexibility index (Phi) is 10.5. The summed E-state index contributed by atoms with van der Waals surface area (Å²) in [6.45, 7) is 4.58. The molecule has 5 aromatic rings. The SMILES string of the molecule is CC(=O)O[C@@H](C)C(=O)NCc1ccc(C2O[C@H](CN(C)Cc3c4ccccc4cc4ccccc34)C[C@H](c3ccc(CO)cc3)O2)cc1. The van der Waals surface area contributed by atoms with E-state index < -0.39 is 18.4 Å². The summed E-state index contributed by atoms with van der Waals surface area (Å²) in [5.74, 6) is -0.851. The molecule has 8 heteroatoms. The van der Waals surface area contributed by atoms with E-state index in [1.807, 2.05) is 48.5 Å². The van der Waals surface area contributed by atoms with Crippen LogP contribution in [-0.2, 0) is 43.5 Å². The van der Waals surface area contributed by atoms with Crippen LogP contribution in [0.1, 0.15) is 60.5 Å². The molecule has 2 N–H and O–H groups in total. The van der Waals surface area contributed by atoms with Crippen molar-refractivity contribution in [2.24, 2.45) is 0 Å². The molecule has 0 aliphatic carbocycles. The highest BCUT2D eigenvalue weighted by Crippen LogP contribution is 2.38. The number of ether oxygens (including phenoxy) is 3. The zero-order valence-electron chi connectivity index (χ0n) is 27.6. The van der Waals surface area contributed by atoms with Crippen LogP contribution in [0.4, 0.5) is 0 Å². The fraction of sp³-hybridized carbons (Fsp3) is 0.300. The van der Waals surface area contributed by atoms with Crippen LogP contribution in [0.2, 0.25) is 0 Å². The third kappa shape index (κ3) is 7.91. The molecule has 6 rings (SSSR count). The summed E-state index contributed by atoms with van der Waals surface area (Å²) < 4.78 is 18.2. The van der Waals surface area contributed by atoms with Crippen LogP contribution >= 0.6 is 0 Å². The number of nitrogens with one attached hydrogen (secondary N) is 1. The number of hydrogen-bond acceptors (Lipinski definition) is 7. The molecule has 4 atom stereocenters. The lowest BCUT2D eigenvalue weighted by atomic mass is 9.96. The smallest absolute Gasteiger partial charge is 0.303 e. The second-order valence-corrected chi connectivity index (χ2v) is 12.6. The number of rotatable bonds is 11. The van der Waals surface area contributed by atoms with Gasteiger partial charge in [0.25, 0.3) is 5.91 Å².